The number of likely N-dealkylation sites (tertiary alicyclic amines) is 1. The fraction of sp³-hybridized carbons (Fsp3) is 0.909. The maximum absolute atomic E-state index is 11.6. The summed E-state index contributed by atoms with van der Waals surface area (Å²) in [6.45, 7) is 8.31. The quantitative estimate of drug-likeness (QED) is 0.714. The summed E-state index contributed by atoms with van der Waals surface area (Å²) >= 11 is 0. The molecule has 14 heavy (non-hydrogen) atoms. The van der Waals surface area contributed by atoms with Crippen LogP contribution in [0.25, 0.3) is 0 Å². The van der Waals surface area contributed by atoms with Gasteiger partial charge in [0.05, 0.1) is 0 Å². The van der Waals surface area contributed by atoms with Gasteiger partial charge in [-0.05, 0) is 33.6 Å². The number of carbonyl (C=O) groups excluding carboxylic acids is 1. The molecule has 0 aromatic rings. The molecule has 0 atom stereocenters. The lowest BCUT2D eigenvalue weighted by Gasteiger charge is -2.43. The SMILES string of the molecule is CC(C)(C)NC1CN(C(=O)C2CC2)C1. The summed E-state index contributed by atoms with van der Waals surface area (Å²) in [6, 6.07) is 0.512. The molecule has 1 aliphatic heterocycles. The second-order valence-corrected chi connectivity index (χ2v) is 5.61. The number of carbonyl (C=O) groups is 1. The lowest BCUT2D eigenvalue weighted by molar-refractivity contribution is -0.137. The molecule has 0 radical (unpaired) electrons. The van der Waals surface area contributed by atoms with Crippen molar-refractivity contribution in [1.29, 1.82) is 0 Å². The van der Waals surface area contributed by atoms with Crippen LogP contribution in [0.1, 0.15) is 33.6 Å². The molecule has 2 rings (SSSR count). The topological polar surface area (TPSA) is 32.3 Å². The normalized spacial score (nSPS) is 23.5. The molecule has 2 aliphatic rings. The predicted molar refractivity (Wildman–Crippen MR) is 56.0 cm³/mol. The van der Waals surface area contributed by atoms with E-state index in [0.717, 1.165) is 25.9 Å². The maximum atomic E-state index is 11.6. The van der Waals surface area contributed by atoms with Gasteiger partial charge in [0.25, 0.3) is 0 Å². The van der Waals surface area contributed by atoms with Gasteiger partial charge in [-0.3, -0.25) is 4.79 Å². The van der Waals surface area contributed by atoms with Crippen molar-refractivity contribution < 1.29 is 4.79 Å². The lowest BCUT2D eigenvalue weighted by Crippen LogP contribution is -2.63. The smallest absolute Gasteiger partial charge is 0.225 e. The van der Waals surface area contributed by atoms with Crippen LogP contribution in [0, 0.1) is 5.92 Å². The van der Waals surface area contributed by atoms with E-state index in [1.54, 1.807) is 0 Å². The fourth-order valence-electron chi connectivity index (χ4n) is 1.95. The van der Waals surface area contributed by atoms with Crippen LogP contribution < -0.4 is 5.32 Å². The largest absolute Gasteiger partial charge is 0.339 e. The summed E-state index contributed by atoms with van der Waals surface area (Å²) < 4.78 is 0. The van der Waals surface area contributed by atoms with Gasteiger partial charge in [0.1, 0.15) is 0 Å². The highest BCUT2D eigenvalue weighted by molar-refractivity contribution is 5.81. The molecule has 1 saturated carbocycles. The second kappa shape index (κ2) is 3.23. The summed E-state index contributed by atoms with van der Waals surface area (Å²) in [5.41, 5.74) is 0.166. The number of nitrogens with one attached hydrogen (secondary N) is 1. The Morgan fingerprint density at radius 2 is 1.86 bits per heavy atom. The maximum Gasteiger partial charge on any atom is 0.225 e. The van der Waals surface area contributed by atoms with Crippen LogP contribution in [0.3, 0.4) is 0 Å². The summed E-state index contributed by atoms with van der Waals surface area (Å²) in [5, 5.41) is 3.51. The molecule has 1 saturated heterocycles. The van der Waals surface area contributed by atoms with Crippen molar-refractivity contribution >= 4 is 5.91 Å². The molecular formula is C11H20N2O. The zero-order chi connectivity index (χ0) is 10.3. The van der Waals surface area contributed by atoms with E-state index in [2.05, 4.69) is 26.1 Å². The number of amides is 1. The fourth-order valence-corrected chi connectivity index (χ4v) is 1.95. The number of nitrogens with zero attached hydrogens (tertiary/aromatic N) is 1. The first-order chi connectivity index (χ1) is 6.46. The van der Waals surface area contributed by atoms with E-state index in [1.165, 1.54) is 0 Å². The van der Waals surface area contributed by atoms with Gasteiger partial charge in [-0.1, -0.05) is 0 Å². The molecule has 3 heteroatoms. The van der Waals surface area contributed by atoms with Gasteiger partial charge < -0.3 is 10.2 Å². The minimum atomic E-state index is 0.166. The van der Waals surface area contributed by atoms with E-state index >= 15 is 0 Å². The molecule has 1 aliphatic carbocycles. The van der Waals surface area contributed by atoms with Gasteiger partial charge in [-0.25, -0.2) is 0 Å². The Bertz CT molecular complexity index is 234. The lowest BCUT2D eigenvalue weighted by atomic mass is 10.0. The van der Waals surface area contributed by atoms with E-state index in [0.29, 0.717) is 17.9 Å². The van der Waals surface area contributed by atoms with Crippen LogP contribution in [-0.4, -0.2) is 35.5 Å². The van der Waals surface area contributed by atoms with Crippen LogP contribution in [0.2, 0.25) is 0 Å². The first-order valence-electron chi connectivity index (χ1n) is 5.52. The average molecular weight is 196 g/mol. The summed E-state index contributed by atoms with van der Waals surface area (Å²) in [5.74, 6) is 0.766. The third-order valence-corrected chi connectivity index (χ3v) is 2.76. The minimum absolute atomic E-state index is 0.166. The molecule has 0 bridgehead atoms. The molecule has 1 N–H and O–H groups in total. The molecule has 0 aromatic carbocycles. The highest BCUT2D eigenvalue weighted by atomic mass is 16.2. The van der Waals surface area contributed by atoms with Crippen molar-refractivity contribution in [2.45, 2.75) is 45.2 Å². The van der Waals surface area contributed by atoms with Crippen molar-refractivity contribution in [3.8, 4) is 0 Å². The van der Waals surface area contributed by atoms with Crippen molar-refractivity contribution in [1.82, 2.24) is 10.2 Å². The Balaban J connectivity index is 1.71. The van der Waals surface area contributed by atoms with Crippen molar-refractivity contribution in [2.75, 3.05) is 13.1 Å². The Hall–Kier alpha value is -0.570. The van der Waals surface area contributed by atoms with Crippen LogP contribution >= 0.6 is 0 Å². The molecule has 1 amide bonds. The van der Waals surface area contributed by atoms with Crippen LogP contribution in [0.4, 0.5) is 0 Å². The van der Waals surface area contributed by atoms with E-state index in [4.69, 9.17) is 0 Å². The van der Waals surface area contributed by atoms with E-state index in [9.17, 15) is 4.79 Å². The molecule has 3 nitrogen and oxygen atoms in total. The van der Waals surface area contributed by atoms with E-state index < -0.39 is 0 Å². The van der Waals surface area contributed by atoms with E-state index in [-0.39, 0.29) is 5.54 Å². The summed E-state index contributed by atoms with van der Waals surface area (Å²) in [4.78, 5) is 13.6. The van der Waals surface area contributed by atoms with Gasteiger partial charge in [-0.2, -0.15) is 0 Å². The zero-order valence-electron chi connectivity index (χ0n) is 9.34. The Morgan fingerprint density at radius 3 is 2.29 bits per heavy atom. The molecule has 80 valence electrons. The van der Waals surface area contributed by atoms with Crippen molar-refractivity contribution in [3.63, 3.8) is 0 Å². The predicted octanol–water partition coefficient (Wildman–Crippen LogP) is 0.995. The van der Waals surface area contributed by atoms with Gasteiger partial charge in [0.15, 0.2) is 0 Å². The molecule has 0 spiro atoms. The van der Waals surface area contributed by atoms with Gasteiger partial charge in [0.2, 0.25) is 5.91 Å². The van der Waals surface area contributed by atoms with Crippen molar-refractivity contribution in [2.24, 2.45) is 5.92 Å². The monoisotopic (exact) mass is 196 g/mol. The van der Waals surface area contributed by atoms with Gasteiger partial charge in [0, 0.05) is 30.6 Å². The summed E-state index contributed by atoms with van der Waals surface area (Å²) in [6.07, 6.45) is 2.24. The van der Waals surface area contributed by atoms with Gasteiger partial charge in [-0.15, -0.1) is 0 Å². The minimum Gasteiger partial charge on any atom is -0.339 e. The highest BCUT2D eigenvalue weighted by Crippen LogP contribution is 2.32. The number of hydrogen-bond acceptors (Lipinski definition) is 2. The molecule has 2 fully saturated rings. The van der Waals surface area contributed by atoms with Gasteiger partial charge >= 0.3 is 0 Å². The van der Waals surface area contributed by atoms with Crippen molar-refractivity contribution in [3.05, 3.63) is 0 Å². The average Bonchev–Trinajstić information content (AvgIpc) is 2.74. The molecule has 0 aromatic heterocycles. The Morgan fingerprint density at radius 1 is 1.29 bits per heavy atom. The van der Waals surface area contributed by atoms with E-state index in [1.807, 2.05) is 4.90 Å². The highest BCUT2D eigenvalue weighted by Gasteiger charge is 2.39. The number of hydrogen-bond donors (Lipinski definition) is 1. The van der Waals surface area contributed by atoms with Crippen LogP contribution in [-0.2, 0) is 4.79 Å². The Kier molecular flexibility index (Phi) is 2.30. The first kappa shape index (κ1) is 9.97. The molecular weight excluding hydrogens is 176 g/mol. The second-order valence-electron chi connectivity index (χ2n) is 5.61. The third kappa shape index (κ3) is 2.27. The van der Waals surface area contributed by atoms with Crippen LogP contribution in [0.5, 0.6) is 0 Å². The van der Waals surface area contributed by atoms with Crippen LogP contribution in [0.15, 0.2) is 0 Å². The molecule has 0 unspecified atom stereocenters. The molecule has 1 heterocycles. The standard InChI is InChI=1S/C11H20N2O/c1-11(2,3)12-9-6-13(7-9)10(14)8-4-5-8/h8-9,12H,4-7H2,1-3H3. The number of rotatable bonds is 2. The first-order valence-corrected chi connectivity index (χ1v) is 5.52. The third-order valence-electron chi connectivity index (χ3n) is 2.76. The zero-order valence-corrected chi connectivity index (χ0v) is 9.34. The summed E-state index contributed by atoms with van der Waals surface area (Å²) in [7, 11) is 0. The Labute approximate surface area is 85.8 Å².